The molecule has 2 rings (SSSR count). The minimum Gasteiger partial charge on any atom is -0.370 e. The van der Waals surface area contributed by atoms with Crippen molar-refractivity contribution in [2.24, 2.45) is 16.6 Å². The topological polar surface area (TPSA) is 41.6 Å². The zero-order valence-electron chi connectivity index (χ0n) is 10.5. The van der Waals surface area contributed by atoms with Gasteiger partial charge in [-0.1, -0.05) is 29.8 Å². The first-order chi connectivity index (χ1) is 8.49. The lowest BCUT2D eigenvalue weighted by Crippen LogP contribution is -2.38. The van der Waals surface area contributed by atoms with E-state index in [1.165, 1.54) is 6.07 Å². The lowest BCUT2D eigenvalue weighted by Gasteiger charge is -2.28. The van der Waals surface area contributed by atoms with Gasteiger partial charge in [0.15, 0.2) is 5.96 Å². The Balaban J connectivity index is 2.30. The second-order valence-electron chi connectivity index (χ2n) is 4.93. The molecule has 0 radical (unpaired) electrons. The van der Waals surface area contributed by atoms with Crippen molar-refractivity contribution in [1.29, 1.82) is 0 Å². The van der Waals surface area contributed by atoms with Crippen LogP contribution in [0.3, 0.4) is 0 Å². The van der Waals surface area contributed by atoms with Gasteiger partial charge >= 0.3 is 0 Å². The number of hydrogen-bond acceptors (Lipinski definition) is 3. The van der Waals surface area contributed by atoms with Crippen molar-refractivity contribution in [3.8, 4) is 0 Å². The Kier molecular flexibility index (Phi) is 3.90. The number of hydrogen-bond donors (Lipinski definition) is 1. The summed E-state index contributed by atoms with van der Waals surface area (Å²) in [6.07, 6.45) is 0. The summed E-state index contributed by atoms with van der Waals surface area (Å²) >= 11 is 3.47. The molecule has 1 aromatic rings. The highest BCUT2D eigenvalue weighted by Crippen LogP contribution is 2.32. The van der Waals surface area contributed by atoms with E-state index in [9.17, 15) is 4.39 Å². The molecule has 0 aromatic heterocycles. The fourth-order valence-corrected chi connectivity index (χ4v) is 2.69. The number of rotatable bonds is 3. The van der Waals surface area contributed by atoms with Crippen LogP contribution in [-0.4, -0.2) is 23.9 Å². The zero-order valence-corrected chi connectivity index (χ0v) is 12.1. The van der Waals surface area contributed by atoms with E-state index in [2.05, 4.69) is 34.8 Å². The molecular weight excluding hydrogens is 297 g/mol. The number of halogens is 2. The molecule has 98 valence electrons. The predicted molar refractivity (Wildman–Crippen MR) is 74.9 cm³/mol. The molecule has 2 N–H and O–H groups in total. The van der Waals surface area contributed by atoms with Crippen molar-refractivity contribution < 1.29 is 4.39 Å². The Bertz CT molecular complexity index is 473. The predicted octanol–water partition coefficient (Wildman–Crippen LogP) is 2.92. The fraction of sp³-hybridized carbons (Fsp3) is 0.462. The number of aliphatic imine (C=N–C) groups is 1. The summed E-state index contributed by atoms with van der Waals surface area (Å²) in [5, 5.41) is 0. The zero-order chi connectivity index (χ0) is 13.3. The van der Waals surface area contributed by atoms with E-state index in [-0.39, 0.29) is 11.9 Å². The van der Waals surface area contributed by atoms with Gasteiger partial charge in [0.1, 0.15) is 5.82 Å². The van der Waals surface area contributed by atoms with Crippen molar-refractivity contribution in [2.45, 2.75) is 19.9 Å². The summed E-state index contributed by atoms with van der Waals surface area (Å²) in [4.78, 5) is 6.32. The first-order valence-electron chi connectivity index (χ1n) is 6.00. The molecule has 3 nitrogen and oxygen atoms in total. The summed E-state index contributed by atoms with van der Waals surface area (Å²) in [5.41, 5.74) is 6.81. The highest BCUT2D eigenvalue weighted by molar-refractivity contribution is 9.10. The summed E-state index contributed by atoms with van der Waals surface area (Å²) in [6, 6.07) is 4.75. The monoisotopic (exact) mass is 313 g/mol. The third-order valence-corrected chi connectivity index (χ3v) is 3.70. The molecule has 5 heteroatoms. The molecule has 0 aliphatic carbocycles. The smallest absolute Gasteiger partial charge is 0.191 e. The summed E-state index contributed by atoms with van der Waals surface area (Å²) in [5.74, 6) is 0.791. The molecule has 1 aliphatic heterocycles. The summed E-state index contributed by atoms with van der Waals surface area (Å²) in [7, 11) is 0. The van der Waals surface area contributed by atoms with Crippen LogP contribution in [0, 0.1) is 11.7 Å². The Morgan fingerprint density at radius 2 is 2.28 bits per heavy atom. The maximum absolute atomic E-state index is 13.4. The molecule has 1 aliphatic rings. The minimum absolute atomic E-state index is 0.0254. The van der Waals surface area contributed by atoms with Crippen LogP contribution in [0.1, 0.15) is 25.5 Å². The van der Waals surface area contributed by atoms with Crippen LogP contribution in [0.2, 0.25) is 0 Å². The number of benzene rings is 1. The molecule has 0 amide bonds. The van der Waals surface area contributed by atoms with Gasteiger partial charge < -0.3 is 10.6 Å². The molecule has 1 unspecified atom stereocenters. The van der Waals surface area contributed by atoms with E-state index in [1.54, 1.807) is 12.1 Å². The molecule has 0 saturated carbocycles. The lowest BCUT2D eigenvalue weighted by atomic mass is 10.0. The quantitative estimate of drug-likeness (QED) is 0.932. The number of nitrogens with two attached hydrogens (primary N) is 1. The maximum atomic E-state index is 13.4. The number of nitrogens with zero attached hydrogens (tertiary/aromatic N) is 2. The second kappa shape index (κ2) is 5.26. The van der Waals surface area contributed by atoms with Crippen molar-refractivity contribution in [3.63, 3.8) is 0 Å². The van der Waals surface area contributed by atoms with Gasteiger partial charge in [-0.3, -0.25) is 4.99 Å². The van der Waals surface area contributed by atoms with Gasteiger partial charge in [0.25, 0.3) is 0 Å². The van der Waals surface area contributed by atoms with Gasteiger partial charge in [-0.15, -0.1) is 0 Å². The van der Waals surface area contributed by atoms with E-state index in [0.29, 0.717) is 18.4 Å². The SMILES string of the molecule is CC(C)CN1C(N)=NCC1c1cc(F)ccc1Br. The highest BCUT2D eigenvalue weighted by Gasteiger charge is 2.29. The van der Waals surface area contributed by atoms with Gasteiger partial charge in [-0.05, 0) is 29.7 Å². The fourth-order valence-electron chi connectivity index (χ4n) is 2.18. The van der Waals surface area contributed by atoms with E-state index in [4.69, 9.17) is 5.73 Å². The van der Waals surface area contributed by atoms with Crippen molar-refractivity contribution in [2.75, 3.05) is 13.1 Å². The van der Waals surface area contributed by atoms with Crippen molar-refractivity contribution >= 4 is 21.9 Å². The average Bonchev–Trinajstić information content (AvgIpc) is 2.64. The number of guanidine groups is 1. The van der Waals surface area contributed by atoms with Crippen LogP contribution < -0.4 is 5.73 Å². The lowest BCUT2D eigenvalue weighted by molar-refractivity contribution is 0.308. The molecule has 0 fully saturated rings. The third-order valence-electron chi connectivity index (χ3n) is 2.98. The molecule has 18 heavy (non-hydrogen) atoms. The van der Waals surface area contributed by atoms with E-state index < -0.39 is 0 Å². The van der Waals surface area contributed by atoms with Gasteiger partial charge in [-0.2, -0.15) is 0 Å². The van der Waals surface area contributed by atoms with E-state index >= 15 is 0 Å². The van der Waals surface area contributed by atoms with Crippen LogP contribution in [0.25, 0.3) is 0 Å². The standard InChI is InChI=1S/C13H17BrFN3/c1-8(2)7-18-12(6-17-13(18)16)10-5-9(15)3-4-11(10)14/h3-5,8,12H,6-7H2,1-2H3,(H2,16,17). The third kappa shape index (κ3) is 2.66. The second-order valence-corrected chi connectivity index (χ2v) is 5.78. The van der Waals surface area contributed by atoms with E-state index in [1.807, 2.05) is 4.90 Å². The molecule has 0 spiro atoms. The van der Waals surface area contributed by atoms with Crippen LogP contribution in [0.15, 0.2) is 27.7 Å². The summed E-state index contributed by atoms with van der Waals surface area (Å²) < 4.78 is 14.3. The Morgan fingerprint density at radius 3 is 2.94 bits per heavy atom. The van der Waals surface area contributed by atoms with Gasteiger partial charge in [0.05, 0.1) is 12.6 Å². The Morgan fingerprint density at radius 1 is 1.56 bits per heavy atom. The Labute approximate surface area is 115 Å². The van der Waals surface area contributed by atoms with Crippen LogP contribution in [0.4, 0.5) is 4.39 Å². The molecule has 1 atom stereocenters. The molecule has 0 bridgehead atoms. The van der Waals surface area contributed by atoms with Gasteiger partial charge in [0, 0.05) is 11.0 Å². The summed E-state index contributed by atoms with van der Waals surface area (Å²) in [6.45, 7) is 5.66. The van der Waals surface area contributed by atoms with Crippen LogP contribution in [0.5, 0.6) is 0 Å². The molecular formula is C13H17BrFN3. The molecule has 1 aromatic carbocycles. The average molecular weight is 314 g/mol. The molecule has 0 saturated heterocycles. The molecule has 1 heterocycles. The largest absolute Gasteiger partial charge is 0.370 e. The normalized spacial score (nSPS) is 19.5. The first-order valence-corrected chi connectivity index (χ1v) is 6.80. The van der Waals surface area contributed by atoms with Crippen LogP contribution in [-0.2, 0) is 0 Å². The Hall–Kier alpha value is -1.10. The van der Waals surface area contributed by atoms with Crippen LogP contribution >= 0.6 is 15.9 Å². The van der Waals surface area contributed by atoms with Gasteiger partial charge in [-0.25, -0.2) is 4.39 Å². The minimum atomic E-state index is -0.233. The van der Waals surface area contributed by atoms with Crippen molar-refractivity contribution in [1.82, 2.24) is 4.90 Å². The first kappa shape index (κ1) is 13.3. The highest BCUT2D eigenvalue weighted by atomic mass is 79.9. The van der Waals surface area contributed by atoms with Gasteiger partial charge in [0.2, 0.25) is 0 Å². The van der Waals surface area contributed by atoms with E-state index in [0.717, 1.165) is 16.6 Å². The van der Waals surface area contributed by atoms with Crippen molar-refractivity contribution in [3.05, 3.63) is 34.1 Å². The maximum Gasteiger partial charge on any atom is 0.191 e.